The van der Waals surface area contributed by atoms with Crippen LogP contribution in [0.25, 0.3) is 0 Å². The molecule has 1 saturated carbocycles. The van der Waals surface area contributed by atoms with E-state index < -0.39 is 0 Å². The van der Waals surface area contributed by atoms with Crippen molar-refractivity contribution in [3.63, 3.8) is 0 Å². The number of hydrogen-bond donors (Lipinski definition) is 1. The summed E-state index contributed by atoms with van der Waals surface area (Å²) in [6.07, 6.45) is 2.53. The van der Waals surface area contributed by atoms with Crippen molar-refractivity contribution in [1.29, 1.82) is 0 Å². The van der Waals surface area contributed by atoms with E-state index in [9.17, 15) is 4.79 Å². The molecule has 0 radical (unpaired) electrons. The fraction of sp³-hybridized carbons (Fsp3) is 0.158. The highest BCUT2D eigenvalue weighted by Gasteiger charge is 2.60. The first kappa shape index (κ1) is 14.2. The van der Waals surface area contributed by atoms with Gasteiger partial charge in [-0.3, -0.25) is 4.79 Å². The third-order valence-corrected chi connectivity index (χ3v) is 5.21. The third kappa shape index (κ3) is 2.45. The number of nitrogens with zero attached hydrogens (tertiary/aromatic N) is 1. The Balaban J connectivity index is 1.68. The zero-order chi connectivity index (χ0) is 15.7. The molecule has 4 rings (SSSR count). The molecule has 0 spiro atoms. The van der Waals surface area contributed by atoms with Gasteiger partial charge in [-0.2, -0.15) is 0 Å². The molecule has 3 nitrogen and oxygen atoms in total. The zero-order valence-corrected chi connectivity index (χ0v) is 13.3. The highest BCUT2D eigenvalue weighted by atomic mass is 32.1. The molecule has 0 unspecified atom stereocenters. The number of thiazole rings is 1. The average Bonchev–Trinajstić information content (AvgIpc) is 3.18. The minimum absolute atomic E-state index is 0.0488. The van der Waals surface area contributed by atoms with Crippen LogP contribution in [0.15, 0.2) is 72.2 Å². The Kier molecular flexibility index (Phi) is 3.46. The van der Waals surface area contributed by atoms with Crippen molar-refractivity contribution in [3.8, 4) is 0 Å². The van der Waals surface area contributed by atoms with E-state index in [4.69, 9.17) is 0 Å². The number of hydrogen-bond acceptors (Lipinski definition) is 3. The first-order chi connectivity index (χ1) is 11.3. The number of rotatable bonds is 4. The van der Waals surface area contributed by atoms with Crippen molar-refractivity contribution in [2.75, 3.05) is 5.32 Å². The first-order valence-electron chi connectivity index (χ1n) is 7.62. The summed E-state index contributed by atoms with van der Waals surface area (Å²) >= 11 is 1.45. The standard InChI is InChI=1S/C19H16N2OS/c22-17(21-18-20-11-12-23-18)16-13-19(16,14-7-3-1-4-8-14)15-9-5-2-6-10-15/h1-12,16H,13H2,(H,20,21,22)/t16-/m1/s1. The number of amides is 1. The van der Waals surface area contributed by atoms with E-state index in [1.54, 1.807) is 6.20 Å². The van der Waals surface area contributed by atoms with E-state index in [0.717, 1.165) is 6.42 Å². The molecule has 0 aliphatic heterocycles. The lowest BCUT2D eigenvalue weighted by Gasteiger charge is -2.18. The highest BCUT2D eigenvalue weighted by molar-refractivity contribution is 7.13. The first-order valence-corrected chi connectivity index (χ1v) is 8.50. The Morgan fingerprint density at radius 1 is 1.04 bits per heavy atom. The van der Waals surface area contributed by atoms with Crippen molar-refractivity contribution >= 4 is 22.4 Å². The summed E-state index contributed by atoms with van der Waals surface area (Å²) in [5, 5.41) is 5.48. The van der Waals surface area contributed by atoms with Gasteiger partial charge < -0.3 is 5.32 Å². The fourth-order valence-corrected chi connectivity index (χ4v) is 3.86. The van der Waals surface area contributed by atoms with Crippen LogP contribution in [0.3, 0.4) is 0 Å². The van der Waals surface area contributed by atoms with Crippen LogP contribution in [0.5, 0.6) is 0 Å². The van der Waals surface area contributed by atoms with Crippen molar-refractivity contribution in [1.82, 2.24) is 4.98 Å². The van der Waals surface area contributed by atoms with Gasteiger partial charge in [-0.1, -0.05) is 60.7 Å². The quantitative estimate of drug-likeness (QED) is 0.787. The second-order valence-corrected chi connectivity index (χ2v) is 6.68. The van der Waals surface area contributed by atoms with E-state index in [1.807, 2.05) is 41.8 Å². The smallest absolute Gasteiger partial charge is 0.230 e. The predicted molar refractivity (Wildman–Crippen MR) is 92.5 cm³/mol. The van der Waals surface area contributed by atoms with Crippen molar-refractivity contribution < 1.29 is 4.79 Å². The molecule has 1 aliphatic carbocycles. The molecule has 4 heteroatoms. The Hall–Kier alpha value is -2.46. The minimum atomic E-state index is -0.218. The number of carbonyl (C=O) groups is 1. The maximum atomic E-state index is 12.7. The van der Waals surface area contributed by atoms with Crippen molar-refractivity contribution in [2.45, 2.75) is 11.8 Å². The lowest BCUT2D eigenvalue weighted by atomic mass is 9.85. The number of aromatic nitrogens is 1. The molecule has 3 aromatic rings. The van der Waals surface area contributed by atoms with Gasteiger partial charge >= 0.3 is 0 Å². The molecule has 1 N–H and O–H groups in total. The largest absolute Gasteiger partial charge is 0.302 e. The molecule has 1 heterocycles. The Morgan fingerprint density at radius 2 is 1.65 bits per heavy atom. The van der Waals surface area contributed by atoms with Crippen LogP contribution < -0.4 is 5.32 Å². The molecular formula is C19H16N2OS. The zero-order valence-electron chi connectivity index (χ0n) is 12.5. The SMILES string of the molecule is O=C(Nc1nccs1)[C@H]1CC1(c1ccccc1)c1ccccc1. The van der Waals surface area contributed by atoms with Gasteiger partial charge in [0.15, 0.2) is 5.13 Å². The molecule has 0 bridgehead atoms. The minimum Gasteiger partial charge on any atom is -0.302 e. The van der Waals surface area contributed by atoms with Crippen molar-refractivity contribution in [3.05, 3.63) is 83.4 Å². The van der Waals surface area contributed by atoms with Crippen LogP contribution in [-0.4, -0.2) is 10.9 Å². The van der Waals surface area contributed by atoms with Gasteiger partial charge in [-0.05, 0) is 17.5 Å². The third-order valence-electron chi connectivity index (χ3n) is 4.52. The summed E-state index contributed by atoms with van der Waals surface area (Å²) in [7, 11) is 0. The monoisotopic (exact) mass is 320 g/mol. The van der Waals surface area contributed by atoms with Crippen LogP contribution in [0, 0.1) is 5.92 Å². The Morgan fingerprint density at radius 3 is 2.17 bits per heavy atom. The summed E-state index contributed by atoms with van der Waals surface area (Å²) in [6.45, 7) is 0. The van der Waals surface area contributed by atoms with Gasteiger partial charge in [0.05, 0.1) is 5.92 Å². The Labute approximate surface area is 139 Å². The second kappa shape index (κ2) is 5.63. The number of anilines is 1. The van der Waals surface area contributed by atoms with Crippen LogP contribution in [0.1, 0.15) is 17.5 Å². The lowest BCUT2D eigenvalue weighted by Crippen LogP contribution is -2.22. The van der Waals surface area contributed by atoms with E-state index in [-0.39, 0.29) is 17.2 Å². The summed E-state index contributed by atoms with van der Waals surface area (Å²) in [6, 6.07) is 20.6. The molecule has 23 heavy (non-hydrogen) atoms. The topological polar surface area (TPSA) is 42.0 Å². The van der Waals surface area contributed by atoms with Crippen LogP contribution >= 0.6 is 11.3 Å². The van der Waals surface area contributed by atoms with E-state index in [0.29, 0.717) is 5.13 Å². The maximum absolute atomic E-state index is 12.7. The van der Waals surface area contributed by atoms with Crippen molar-refractivity contribution in [2.24, 2.45) is 5.92 Å². The second-order valence-electron chi connectivity index (χ2n) is 5.79. The number of carbonyl (C=O) groups excluding carboxylic acids is 1. The van der Waals surface area contributed by atoms with Gasteiger partial charge in [0, 0.05) is 17.0 Å². The molecule has 2 aromatic carbocycles. The predicted octanol–water partition coefficient (Wildman–Crippen LogP) is 4.09. The molecular weight excluding hydrogens is 304 g/mol. The summed E-state index contributed by atoms with van der Waals surface area (Å²) in [5.41, 5.74) is 2.18. The number of nitrogens with one attached hydrogen (secondary N) is 1. The van der Waals surface area contributed by atoms with Crippen LogP contribution in [-0.2, 0) is 10.2 Å². The molecule has 1 amide bonds. The highest BCUT2D eigenvalue weighted by Crippen LogP contribution is 2.59. The van der Waals surface area contributed by atoms with Gasteiger partial charge in [-0.25, -0.2) is 4.98 Å². The number of benzene rings is 2. The van der Waals surface area contributed by atoms with Crippen LogP contribution in [0.2, 0.25) is 0 Å². The van der Waals surface area contributed by atoms with Gasteiger partial charge in [-0.15, -0.1) is 11.3 Å². The molecule has 1 fully saturated rings. The summed E-state index contributed by atoms with van der Waals surface area (Å²) in [5.74, 6) is -0.0103. The molecule has 1 aromatic heterocycles. The van der Waals surface area contributed by atoms with Gasteiger partial charge in [0.2, 0.25) is 5.91 Å². The van der Waals surface area contributed by atoms with E-state index in [2.05, 4.69) is 34.6 Å². The van der Waals surface area contributed by atoms with E-state index in [1.165, 1.54) is 22.5 Å². The molecule has 0 saturated heterocycles. The summed E-state index contributed by atoms with van der Waals surface area (Å²) in [4.78, 5) is 16.8. The Bertz CT molecular complexity index is 760. The fourth-order valence-electron chi connectivity index (χ4n) is 3.33. The maximum Gasteiger partial charge on any atom is 0.230 e. The average molecular weight is 320 g/mol. The van der Waals surface area contributed by atoms with E-state index >= 15 is 0 Å². The van der Waals surface area contributed by atoms with Crippen LogP contribution in [0.4, 0.5) is 5.13 Å². The molecule has 114 valence electrons. The molecule has 1 atom stereocenters. The van der Waals surface area contributed by atoms with Gasteiger partial charge in [0.25, 0.3) is 0 Å². The lowest BCUT2D eigenvalue weighted by molar-refractivity contribution is -0.117. The molecule has 1 aliphatic rings. The van der Waals surface area contributed by atoms with Gasteiger partial charge in [0.1, 0.15) is 0 Å². The summed E-state index contributed by atoms with van der Waals surface area (Å²) < 4.78 is 0. The normalized spacial score (nSPS) is 18.3.